The SMILES string of the molecule is C#CCn1c(=NC(=O)c2cccc(S(=O)(=O)CC)c2)sc2cc(OC)ccc21. The Morgan fingerprint density at radius 2 is 2.07 bits per heavy atom. The number of benzene rings is 2. The maximum Gasteiger partial charge on any atom is 0.279 e. The fraction of sp³-hybridized carbons (Fsp3) is 0.200. The summed E-state index contributed by atoms with van der Waals surface area (Å²) in [5, 5.41) is 0. The van der Waals surface area contributed by atoms with Crippen LogP contribution in [0.25, 0.3) is 10.2 Å². The minimum atomic E-state index is -3.41. The van der Waals surface area contributed by atoms with Crippen LogP contribution in [0.1, 0.15) is 17.3 Å². The molecule has 0 radical (unpaired) electrons. The number of thiazole rings is 1. The molecular weight excluding hydrogens is 396 g/mol. The Balaban J connectivity index is 2.12. The minimum Gasteiger partial charge on any atom is -0.497 e. The lowest BCUT2D eigenvalue weighted by molar-refractivity contribution is 0.0997. The Morgan fingerprint density at radius 3 is 2.75 bits per heavy atom. The average molecular weight is 415 g/mol. The summed E-state index contributed by atoms with van der Waals surface area (Å²) in [6, 6.07) is 11.4. The molecule has 8 heteroatoms. The van der Waals surface area contributed by atoms with Crippen LogP contribution in [-0.2, 0) is 16.4 Å². The summed E-state index contributed by atoms with van der Waals surface area (Å²) >= 11 is 1.31. The lowest BCUT2D eigenvalue weighted by Gasteiger charge is -2.03. The van der Waals surface area contributed by atoms with Crippen molar-refractivity contribution in [1.29, 1.82) is 0 Å². The fourth-order valence-electron chi connectivity index (χ4n) is 2.65. The molecule has 2 aromatic carbocycles. The quantitative estimate of drug-likeness (QED) is 0.602. The van der Waals surface area contributed by atoms with E-state index in [-0.39, 0.29) is 22.8 Å². The van der Waals surface area contributed by atoms with E-state index in [4.69, 9.17) is 11.2 Å². The summed E-state index contributed by atoms with van der Waals surface area (Å²) in [6.07, 6.45) is 5.48. The van der Waals surface area contributed by atoms with E-state index >= 15 is 0 Å². The Bertz CT molecular complexity index is 1260. The van der Waals surface area contributed by atoms with E-state index in [1.54, 1.807) is 24.7 Å². The molecule has 0 aliphatic carbocycles. The number of nitrogens with zero attached hydrogens (tertiary/aromatic N) is 2. The maximum absolute atomic E-state index is 12.7. The van der Waals surface area contributed by atoms with E-state index in [2.05, 4.69) is 10.9 Å². The molecule has 0 fully saturated rings. The highest BCUT2D eigenvalue weighted by Gasteiger charge is 2.15. The first kappa shape index (κ1) is 19.9. The third-order valence-corrected chi connectivity index (χ3v) is 6.93. The summed E-state index contributed by atoms with van der Waals surface area (Å²) in [6.45, 7) is 1.81. The number of hydrogen-bond donors (Lipinski definition) is 0. The van der Waals surface area contributed by atoms with Gasteiger partial charge in [-0.3, -0.25) is 4.79 Å². The molecule has 1 aromatic heterocycles. The first-order valence-electron chi connectivity index (χ1n) is 8.42. The van der Waals surface area contributed by atoms with E-state index in [1.165, 1.54) is 29.5 Å². The van der Waals surface area contributed by atoms with Crippen LogP contribution in [-0.4, -0.2) is 31.8 Å². The van der Waals surface area contributed by atoms with Gasteiger partial charge >= 0.3 is 0 Å². The summed E-state index contributed by atoms with van der Waals surface area (Å²) in [5.74, 6) is 2.69. The third kappa shape index (κ3) is 3.86. The molecule has 6 nitrogen and oxygen atoms in total. The molecule has 0 spiro atoms. The van der Waals surface area contributed by atoms with Crippen LogP contribution in [0, 0.1) is 12.3 Å². The molecule has 3 rings (SSSR count). The first-order chi connectivity index (χ1) is 13.4. The van der Waals surface area contributed by atoms with Crippen molar-refractivity contribution in [3.05, 3.63) is 52.8 Å². The number of sulfone groups is 1. The smallest absolute Gasteiger partial charge is 0.279 e. The standard InChI is InChI=1S/C20H18N2O4S2/c1-4-11-22-17-10-9-15(26-3)13-18(17)27-20(22)21-19(23)14-7-6-8-16(12-14)28(24,25)5-2/h1,6-10,12-13H,5,11H2,2-3H3. The molecule has 0 atom stereocenters. The van der Waals surface area contributed by atoms with E-state index in [9.17, 15) is 13.2 Å². The average Bonchev–Trinajstić information content (AvgIpc) is 3.04. The Kier molecular flexibility index (Phi) is 5.68. The normalized spacial score (nSPS) is 12.1. The highest BCUT2D eigenvalue weighted by molar-refractivity contribution is 7.91. The first-order valence-corrected chi connectivity index (χ1v) is 10.9. The molecule has 0 aliphatic rings. The van der Waals surface area contributed by atoms with Crippen LogP contribution in [0.4, 0.5) is 0 Å². The highest BCUT2D eigenvalue weighted by Crippen LogP contribution is 2.23. The van der Waals surface area contributed by atoms with Gasteiger partial charge in [0, 0.05) is 5.56 Å². The number of terminal acetylenes is 1. The molecule has 0 saturated heterocycles. The van der Waals surface area contributed by atoms with Crippen molar-refractivity contribution in [3.8, 4) is 18.1 Å². The highest BCUT2D eigenvalue weighted by atomic mass is 32.2. The van der Waals surface area contributed by atoms with Crippen LogP contribution in [0.2, 0.25) is 0 Å². The van der Waals surface area contributed by atoms with Crippen molar-refractivity contribution in [3.63, 3.8) is 0 Å². The van der Waals surface area contributed by atoms with Gasteiger partial charge in [0.2, 0.25) is 0 Å². The second-order valence-electron chi connectivity index (χ2n) is 5.86. The van der Waals surface area contributed by atoms with Crippen LogP contribution in [0.5, 0.6) is 5.75 Å². The van der Waals surface area contributed by atoms with E-state index < -0.39 is 15.7 Å². The van der Waals surface area contributed by atoms with Gasteiger partial charge in [0.1, 0.15) is 5.75 Å². The predicted molar refractivity (Wildman–Crippen MR) is 109 cm³/mol. The summed E-state index contributed by atoms with van der Waals surface area (Å²) < 4.78 is 32.0. The van der Waals surface area contributed by atoms with E-state index in [0.717, 1.165) is 10.2 Å². The molecule has 0 bridgehead atoms. The van der Waals surface area contributed by atoms with Gasteiger partial charge in [-0.1, -0.05) is 30.2 Å². The third-order valence-electron chi connectivity index (χ3n) is 4.16. The van der Waals surface area contributed by atoms with Crippen LogP contribution < -0.4 is 9.54 Å². The van der Waals surface area contributed by atoms with E-state index in [0.29, 0.717) is 10.6 Å². The Hall–Kier alpha value is -2.89. The van der Waals surface area contributed by atoms with E-state index in [1.807, 2.05) is 18.2 Å². The summed E-state index contributed by atoms with van der Waals surface area (Å²) in [4.78, 5) is 17.4. The summed E-state index contributed by atoms with van der Waals surface area (Å²) in [5.41, 5.74) is 1.05. The molecule has 0 saturated carbocycles. The molecule has 0 N–H and O–H groups in total. The van der Waals surface area contributed by atoms with Crippen molar-refractivity contribution in [2.75, 3.05) is 12.9 Å². The Morgan fingerprint density at radius 1 is 1.29 bits per heavy atom. The largest absolute Gasteiger partial charge is 0.497 e. The number of amides is 1. The molecule has 0 unspecified atom stereocenters. The number of hydrogen-bond acceptors (Lipinski definition) is 5. The molecule has 1 heterocycles. The molecule has 3 aromatic rings. The van der Waals surface area contributed by atoms with Gasteiger partial charge in [0.05, 0.1) is 34.5 Å². The zero-order valence-electron chi connectivity index (χ0n) is 15.4. The molecule has 0 aliphatic heterocycles. The number of carbonyl (C=O) groups is 1. The van der Waals surface area contributed by atoms with Crippen molar-refractivity contribution in [2.45, 2.75) is 18.4 Å². The maximum atomic E-state index is 12.7. The molecule has 28 heavy (non-hydrogen) atoms. The predicted octanol–water partition coefficient (Wildman–Crippen LogP) is 2.88. The lowest BCUT2D eigenvalue weighted by atomic mass is 10.2. The van der Waals surface area contributed by atoms with Crippen molar-refractivity contribution in [1.82, 2.24) is 4.57 Å². The van der Waals surface area contributed by atoms with Gasteiger partial charge in [0.15, 0.2) is 14.6 Å². The number of rotatable bonds is 5. The number of fused-ring (bicyclic) bond motifs is 1. The second kappa shape index (κ2) is 8.00. The number of carbonyl (C=O) groups excluding carboxylic acids is 1. The number of ether oxygens (including phenoxy) is 1. The van der Waals surface area contributed by atoms with Gasteiger partial charge in [-0.15, -0.1) is 6.42 Å². The monoisotopic (exact) mass is 414 g/mol. The second-order valence-corrected chi connectivity index (χ2v) is 9.14. The number of methoxy groups -OCH3 is 1. The molecule has 144 valence electrons. The minimum absolute atomic E-state index is 0.0396. The van der Waals surface area contributed by atoms with Gasteiger partial charge < -0.3 is 9.30 Å². The van der Waals surface area contributed by atoms with Crippen molar-refractivity contribution < 1.29 is 17.9 Å². The zero-order valence-corrected chi connectivity index (χ0v) is 17.0. The van der Waals surface area contributed by atoms with Gasteiger partial charge in [-0.25, -0.2) is 8.42 Å². The zero-order chi connectivity index (χ0) is 20.3. The van der Waals surface area contributed by atoms with Gasteiger partial charge in [0.25, 0.3) is 5.91 Å². The topological polar surface area (TPSA) is 77.7 Å². The van der Waals surface area contributed by atoms with Crippen LogP contribution in [0.3, 0.4) is 0 Å². The molecular formula is C20H18N2O4S2. The fourth-order valence-corrected chi connectivity index (χ4v) is 4.63. The van der Waals surface area contributed by atoms with Gasteiger partial charge in [-0.2, -0.15) is 4.99 Å². The van der Waals surface area contributed by atoms with Crippen LogP contribution >= 0.6 is 11.3 Å². The lowest BCUT2D eigenvalue weighted by Crippen LogP contribution is -2.16. The summed E-state index contributed by atoms with van der Waals surface area (Å²) in [7, 11) is -1.83. The Labute approximate surface area is 167 Å². The van der Waals surface area contributed by atoms with Crippen LogP contribution in [0.15, 0.2) is 52.4 Å². The number of aromatic nitrogens is 1. The molecule has 1 amide bonds. The van der Waals surface area contributed by atoms with Crippen molar-refractivity contribution in [2.24, 2.45) is 4.99 Å². The van der Waals surface area contributed by atoms with Crippen molar-refractivity contribution >= 4 is 37.3 Å². The van der Waals surface area contributed by atoms with Gasteiger partial charge in [-0.05, 0) is 36.4 Å².